The highest BCUT2D eigenvalue weighted by Gasteiger charge is 2.41. The molecule has 3 aromatic rings. The van der Waals surface area contributed by atoms with Crippen molar-refractivity contribution in [2.45, 2.75) is 25.3 Å². The molecule has 1 heterocycles. The molecule has 0 unspecified atom stereocenters. The van der Waals surface area contributed by atoms with Crippen LogP contribution in [0.3, 0.4) is 0 Å². The number of rotatable bonds is 3. The zero-order valence-electron chi connectivity index (χ0n) is 15.9. The fraction of sp³-hybridized carbons (Fsp3) is 0.192. The zero-order valence-corrected chi connectivity index (χ0v) is 15.9. The number of hydrogen-bond acceptors (Lipinski definition) is 2. The number of benzene rings is 3. The molecule has 2 heteroatoms. The molecule has 0 N–H and O–H groups in total. The number of para-hydroxylation sites is 1. The van der Waals surface area contributed by atoms with E-state index in [0.717, 1.165) is 12.1 Å². The SMILES string of the molecule is C(=C1/CCC[C@@H]2C1=NN(c1ccccc1)[C@H]2c1ccccc1)/c1ccccc1. The molecule has 3 aromatic carbocycles. The van der Waals surface area contributed by atoms with E-state index in [4.69, 9.17) is 5.10 Å². The molecule has 1 saturated carbocycles. The number of hydrogen-bond donors (Lipinski definition) is 0. The molecule has 0 spiro atoms. The number of fused-ring (bicyclic) bond motifs is 1. The lowest BCUT2D eigenvalue weighted by Gasteiger charge is -2.30. The Bertz CT molecular complexity index is 990. The average molecular weight is 364 g/mol. The first kappa shape index (κ1) is 17.0. The summed E-state index contributed by atoms with van der Waals surface area (Å²) in [6, 6.07) is 32.3. The Morgan fingerprint density at radius 1 is 0.786 bits per heavy atom. The number of hydrazone groups is 1. The van der Waals surface area contributed by atoms with Crippen LogP contribution in [0.15, 0.2) is 102 Å². The lowest BCUT2D eigenvalue weighted by Crippen LogP contribution is -2.28. The molecular formula is C26H24N2. The van der Waals surface area contributed by atoms with Crippen molar-refractivity contribution < 1.29 is 0 Å². The van der Waals surface area contributed by atoms with Gasteiger partial charge in [-0.25, -0.2) is 0 Å². The zero-order chi connectivity index (χ0) is 18.8. The molecule has 1 aliphatic carbocycles. The minimum absolute atomic E-state index is 0.262. The predicted octanol–water partition coefficient (Wildman–Crippen LogP) is 6.49. The van der Waals surface area contributed by atoms with Crippen LogP contribution in [0, 0.1) is 5.92 Å². The number of anilines is 1. The molecular weight excluding hydrogens is 340 g/mol. The second-order valence-corrected chi connectivity index (χ2v) is 7.60. The van der Waals surface area contributed by atoms with Crippen LogP contribution in [0.2, 0.25) is 0 Å². The molecule has 2 atom stereocenters. The van der Waals surface area contributed by atoms with Crippen molar-refractivity contribution in [2.24, 2.45) is 11.0 Å². The third-order valence-electron chi connectivity index (χ3n) is 5.80. The Hall–Kier alpha value is -3.13. The van der Waals surface area contributed by atoms with E-state index in [-0.39, 0.29) is 6.04 Å². The Labute approximate surface area is 166 Å². The molecule has 0 saturated heterocycles. The maximum Gasteiger partial charge on any atom is 0.0859 e. The third kappa shape index (κ3) is 3.16. The number of allylic oxidation sites excluding steroid dienone is 1. The molecule has 1 aliphatic heterocycles. The first-order chi connectivity index (χ1) is 13.9. The Kier molecular flexibility index (Phi) is 4.54. The van der Waals surface area contributed by atoms with Crippen LogP contribution in [-0.4, -0.2) is 5.71 Å². The van der Waals surface area contributed by atoms with Gasteiger partial charge in [0, 0.05) is 5.92 Å². The molecule has 28 heavy (non-hydrogen) atoms. The van der Waals surface area contributed by atoms with Gasteiger partial charge in [0.1, 0.15) is 0 Å². The monoisotopic (exact) mass is 364 g/mol. The van der Waals surface area contributed by atoms with Gasteiger partial charge in [-0.1, -0.05) is 78.9 Å². The summed E-state index contributed by atoms with van der Waals surface area (Å²) in [4.78, 5) is 0. The van der Waals surface area contributed by atoms with Crippen LogP contribution in [0.25, 0.3) is 6.08 Å². The predicted molar refractivity (Wildman–Crippen MR) is 117 cm³/mol. The third-order valence-corrected chi connectivity index (χ3v) is 5.80. The summed E-state index contributed by atoms with van der Waals surface area (Å²) >= 11 is 0. The van der Waals surface area contributed by atoms with Gasteiger partial charge in [-0.05, 0) is 54.2 Å². The van der Waals surface area contributed by atoms with Crippen LogP contribution >= 0.6 is 0 Å². The van der Waals surface area contributed by atoms with Gasteiger partial charge in [0.15, 0.2) is 0 Å². The molecule has 0 bridgehead atoms. The first-order valence-corrected chi connectivity index (χ1v) is 10.1. The van der Waals surface area contributed by atoms with Crippen molar-refractivity contribution in [3.8, 4) is 0 Å². The van der Waals surface area contributed by atoms with E-state index >= 15 is 0 Å². The van der Waals surface area contributed by atoms with Gasteiger partial charge in [-0.15, -0.1) is 0 Å². The normalized spacial score (nSPS) is 22.8. The van der Waals surface area contributed by atoms with Crippen LogP contribution < -0.4 is 5.01 Å². The maximum absolute atomic E-state index is 5.20. The van der Waals surface area contributed by atoms with E-state index < -0.39 is 0 Å². The highest BCUT2D eigenvalue weighted by Crippen LogP contribution is 2.46. The van der Waals surface area contributed by atoms with Crippen molar-refractivity contribution in [1.29, 1.82) is 0 Å². The summed E-state index contributed by atoms with van der Waals surface area (Å²) in [5.74, 6) is 0.436. The number of nitrogens with zero attached hydrogens (tertiary/aromatic N) is 2. The molecule has 5 rings (SSSR count). The van der Waals surface area contributed by atoms with Crippen molar-refractivity contribution in [3.05, 3.63) is 108 Å². The molecule has 138 valence electrons. The van der Waals surface area contributed by atoms with Crippen LogP contribution in [0.1, 0.15) is 36.4 Å². The summed E-state index contributed by atoms with van der Waals surface area (Å²) in [7, 11) is 0. The van der Waals surface area contributed by atoms with Gasteiger partial charge in [0.25, 0.3) is 0 Å². The highest BCUT2D eigenvalue weighted by atomic mass is 15.5. The second-order valence-electron chi connectivity index (χ2n) is 7.60. The quantitative estimate of drug-likeness (QED) is 0.519. The standard InChI is InChI=1S/C26H24N2/c1-4-11-20(12-5-1)19-22-15-10-18-24-25(22)27-28(23-16-8-3-9-17-23)26(24)21-13-6-2-7-14-21/h1-9,11-14,16-17,19,24,26H,10,15,18H2/b22-19+/t24-,26+/m1/s1. The molecule has 0 amide bonds. The van der Waals surface area contributed by atoms with Crippen LogP contribution in [0.4, 0.5) is 5.69 Å². The summed E-state index contributed by atoms with van der Waals surface area (Å²) < 4.78 is 0. The van der Waals surface area contributed by atoms with Crippen molar-refractivity contribution in [2.75, 3.05) is 5.01 Å². The summed E-state index contributed by atoms with van der Waals surface area (Å²) in [6.07, 6.45) is 5.85. The van der Waals surface area contributed by atoms with E-state index in [0.29, 0.717) is 5.92 Å². The van der Waals surface area contributed by atoms with Crippen molar-refractivity contribution in [3.63, 3.8) is 0 Å². The van der Waals surface area contributed by atoms with Crippen LogP contribution in [0.5, 0.6) is 0 Å². The fourth-order valence-electron chi connectivity index (χ4n) is 4.53. The summed E-state index contributed by atoms with van der Waals surface area (Å²) in [5.41, 5.74) is 6.43. The highest BCUT2D eigenvalue weighted by molar-refractivity contribution is 6.08. The van der Waals surface area contributed by atoms with Gasteiger partial charge >= 0.3 is 0 Å². The van der Waals surface area contributed by atoms with E-state index in [2.05, 4.69) is 102 Å². The summed E-state index contributed by atoms with van der Waals surface area (Å²) in [5, 5.41) is 7.45. The van der Waals surface area contributed by atoms with E-state index in [1.54, 1.807) is 0 Å². The largest absolute Gasteiger partial charge is 0.257 e. The molecule has 1 fully saturated rings. The Morgan fingerprint density at radius 2 is 1.43 bits per heavy atom. The average Bonchev–Trinajstić information content (AvgIpc) is 3.16. The Morgan fingerprint density at radius 3 is 2.14 bits per heavy atom. The van der Waals surface area contributed by atoms with Gasteiger partial charge in [0.05, 0.1) is 17.4 Å². The maximum atomic E-state index is 5.20. The fourth-order valence-corrected chi connectivity index (χ4v) is 4.53. The van der Waals surface area contributed by atoms with Gasteiger partial charge in [0.2, 0.25) is 0 Å². The van der Waals surface area contributed by atoms with Crippen molar-refractivity contribution in [1.82, 2.24) is 0 Å². The minimum atomic E-state index is 0.262. The van der Waals surface area contributed by atoms with Gasteiger partial charge in [-0.2, -0.15) is 5.10 Å². The second kappa shape index (κ2) is 7.47. The molecule has 0 radical (unpaired) electrons. The molecule has 2 nitrogen and oxygen atoms in total. The van der Waals surface area contributed by atoms with Crippen molar-refractivity contribution >= 4 is 17.5 Å². The van der Waals surface area contributed by atoms with E-state index in [1.807, 2.05) is 0 Å². The van der Waals surface area contributed by atoms with E-state index in [9.17, 15) is 0 Å². The first-order valence-electron chi connectivity index (χ1n) is 10.1. The Balaban J connectivity index is 1.59. The topological polar surface area (TPSA) is 15.6 Å². The lowest BCUT2D eigenvalue weighted by molar-refractivity contribution is 0.488. The lowest BCUT2D eigenvalue weighted by atomic mass is 9.77. The molecule has 2 aliphatic rings. The van der Waals surface area contributed by atoms with E-state index in [1.165, 1.54) is 35.3 Å². The van der Waals surface area contributed by atoms with Gasteiger partial charge in [-0.3, -0.25) is 5.01 Å². The van der Waals surface area contributed by atoms with Crippen LogP contribution in [-0.2, 0) is 0 Å². The van der Waals surface area contributed by atoms with Gasteiger partial charge < -0.3 is 0 Å². The smallest absolute Gasteiger partial charge is 0.0859 e. The molecule has 0 aromatic heterocycles. The minimum Gasteiger partial charge on any atom is -0.257 e. The summed E-state index contributed by atoms with van der Waals surface area (Å²) in [6.45, 7) is 0.